The molecule has 0 saturated heterocycles. The minimum Gasteiger partial charge on any atom is -0.310 e. The number of carbonyl (C=O) groups is 1. The van der Waals surface area contributed by atoms with Gasteiger partial charge in [0.1, 0.15) is 17.9 Å². The lowest BCUT2D eigenvalue weighted by molar-refractivity contribution is -0.386. The maximum atomic E-state index is 12.9. The molecular formula is C19H25N5O5S. The van der Waals surface area contributed by atoms with Gasteiger partial charge >= 0.3 is 5.69 Å². The van der Waals surface area contributed by atoms with Crippen molar-refractivity contribution in [3.05, 3.63) is 45.3 Å². The van der Waals surface area contributed by atoms with E-state index in [-0.39, 0.29) is 28.7 Å². The van der Waals surface area contributed by atoms with Crippen molar-refractivity contribution in [3.63, 3.8) is 0 Å². The molecule has 1 aliphatic rings. The molecule has 30 heavy (non-hydrogen) atoms. The summed E-state index contributed by atoms with van der Waals surface area (Å²) in [6, 6.07) is 4.80. The average Bonchev–Trinajstić information content (AvgIpc) is 3.22. The fourth-order valence-corrected chi connectivity index (χ4v) is 5.34. The lowest BCUT2D eigenvalue weighted by Crippen LogP contribution is -2.33. The molecule has 0 fully saturated rings. The van der Waals surface area contributed by atoms with Crippen LogP contribution in [0.15, 0.2) is 23.1 Å². The van der Waals surface area contributed by atoms with Crippen LogP contribution in [0.3, 0.4) is 0 Å². The molecule has 3 rings (SSSR count). The molecule has 0 N–H and O–H groups in total. The number of nitrogens with zero attached hydrogens (tertiary/aromatic N) is 5. The van der Waals surface area contributed by atoms with E-state index in [0.717, 1.165) is 5.56 Å². The van der Waals surface area contributed by atoms with Gasteiger partial charge in [-0.25, -0.2) is 8.42 Å². The van der Waals surface area contributed by atoms with Crippen molar-refractivity contribution in [2.75, 3.05) is 24.5 Å². The smallest absolute Gasteiger partial charge is 0.310 e. The second kappa shape index (κ2) is 8.15. The molecule has 0 bridgehead atoms. The highest BCUT2D eigenvalue weighted by Crippen LogP contribution is 2.31. The van der Waals surface area contributed by atoms with Crippen LogP contribution < -0.4 is 4.90 Å². The van der Waals surface area contributed by atoms with E-state index in [1.54, 1.807) is 37.8 Å². The van der Waals surface area contributed by atoms with Crippen molar-refractivity contribution in [1.29, 1.82) is 0 Å². The molecule has 0 radical (unpaired) electrons. The van der Waals surface area contributed by atoms with E-state index in [1.165, 1.54) is 22.0 Å². The molecular weight excluding hydrogens is 410 g/mol. The lowest BCUT2D eigenvalue weighted by Gasteiger charge is -2.20. The van der Waals surface area contributed by atoms with Crippen LogP contribution in [-0.2, 0) is 27.8 Å². The summed E-state index contributed by atoms with van der Waals surface area (Å²) in [5.41, 5.74) is 1.95. The van der Waals surface area contributed by atoms with Crippen LogP contribution in [0.2, 0.25) is 0 Å². The van der Waals surface area contributed by atoms with Crippen LogP contribution in [0.5, 0.6) is 0 Å². The zero-order chi connectivity index (χ0) is 22.2. The number of rotatable bonds is 7. The summed E-state index contributed by atoms with van der Waals surface area (Å²) in [4.78, 5) is 25.3. The van der Waals surface area contributed by atoms with Gasteiger partial charge in [0.15, 0.2) is 0 Å². The molecule has 162 valence electrons. The molecule has 0 saturated carbocycles. The minimum absolute atomic E-state index is 0.0872. The van der Waals surface area contributed by atoms with E-state index >= 15 is 0 Å². The van der Waals surface area contributed by atoms with Crippen LogP contribution in [-0.4, -0.2) is 53.0 Å². The van der Waals surface area contributed by atoms with Crippen LogP contribution >= 0.6 is 0 Å². The molecule has 1 aliphatic heterocycles. The van der Waals surface area contributed by atoms with Gasteiger partial charge in [0.05, 0.1) is 9.82 Å². The number of amides is 1. The summed E-state index contributed by atoms with van der Waals surface area (Å²) in [6.45, 7) is 7.74. The first kappa shape index (κ1) is 21.9. The Labute approximate surface area is 175 Å². The van der Waals surface area contributed by atoms with Crippen LogP contribution in [0.25, 0.3) is 0 Å². The average molecular weight is 436 g/mol. The van der Waals surface area contributed by atoms with E-state index in [9.17, 15) is 23.3 Å². The van der Waals surface area contributed by atoms with Gasteiger partial charge in [-0.3, -0.25) is 19.6 Å². The monoisotopic (exact) mass is 435 g/mol. The fraction of sp³-hybridized carbons (Fsp3) is 0.474. The topological polar surface area (TPSA) is 119 Å². The van der Waals surface area contributed by atoms with Gasteiger partial charge in [0.2, 0.25) is 15.9 Å². The maximum absolute atomic E-state index is 12.9. The number of fused-ring (bicyclic) bond motifs is 1. The molecule has 0 spiro atoms. The van der Waals surface area contributed by atoms with Crippen LogP contribution in [0.4, 0.5) is 11.4 Å². The number of carbonyl (C=O) groups excluding carboxylic acids is 1. The molecule has 2 heterocycles. The molecule has 0 aliphatic carbocycles. The fourth-order valence-electron chi connectivity index (χ4n) is 3.83. The van der Waals surface area contributed by atoms with E-state index in [1.807, 2.05) is 0 Å². The van der Waals surface area contributed by atoms with Crippen LogP contribution in [0, 0.1) is 24.0 Å². The van der Waals surface area contributed by atoms with Gasteiger partial charge in [-0.1, -0.05) is 13.8 Å². The number of hydrogen-bond donors (Lipinski definition) is 0. The van der Waals surface area contributed by atoms with Gasteiger partial charge in [-0.05, 0) is 44.0 Å². The largest absolute Gasteiger partial charge is 0.312 e. The maximum Gasteiger partial charge on any atom is 0.312 e. The number of sulfonamides is 1. The summed E-state index contributed by atoms with van der Waals surface area (Å²) in [7, 11) is -3.57. The number of benzene rings is 1. The Morgan fingerprint density at radius 3 is 2.50 bits per heavy atom. The van der Waals surface area contributed by atoms with E-state index in [4.69, 9.17) is 0 Å². The molecule has 11 heteroatoms. The van der Waals surface area contributed by atoms with Crippen LogP contribution in [0.1, 0.15) is 30.8 Å². The van der Waals surface area contributed by atoms with Crippen molar-refractivity contribution in [3.8, 4) is 0 Å². The molecule has 10 nitrogen and oxygen atoms in total. The number of nitro groups is 1. The Morgan fingerprint density at radius 2 is 1.93 bits per heavy atom. The lowest BCUT2D eigenvalue weighted by atomic mass is 10.2. The predicted octanol–water partition coefficient (Wildman–Crippen LogP) is 2.03. The quantitative estimate of drug-likeness (QED) is 0.485. The summed E-state index contributed by atoms with van der Waals surface area (Å²) in [6.07, 6.45) is 0.542. The number of aryl methyl sites for hydroxylation is 1. The van der Waals surface area contributed by atoms with E-state index in [2.05, 4.69) is 5.10 Å². The van der Waals surface area contributed by atoms with Crippen molar-refractivity contribution >= 4 is 27.3 Å². The Bertz CT molecular complexity index is 1100. The Hall–Kier alpha value is -2.79. The highest BCUT2D eigenvalue weighted by molar-refractivity contribution is 7.89. The van der Waals surface area contributed by atoms with Crippen molar-refractivity contribution in [2.45, 2.75) is 45.6 Å². The molecule has 2 aromatic rings. The third-order valence-corrected chi connectivity index (χ3v) is 7.45. The number of anilines is 1. The minimum atomic E-state index is -3.57. The van der Waals surface area contributed by atoms with Gasteiger partial charge < -0.3 is 4.90 Å². The van der Waals surface area contributed by atoms with Gasteiger partial charge in [0, 0.05) is 25.3 Å². The predicted molar refractivity (Wildman–Crippen MR) is 111 cm³/mol. The second-order valence-electron chi connectivity index (χ2n) is 7.11. The number of aromatic nitrogens is 2. The first-order chi connectivity index (χ1) is 14.1. The normalized spacial score (nSPS) is 13.7. The zero-order valence-corrected chi connectivity index (χ0v) is 18.3. The first-order valence-electron chi connectivity index (χ1n) is 9.73. The molecule has 1 aromatic heterocycles. The zero-order valence-electron chi connectivity index (χ0n) is 17.5. The molecule has 0 unspecified atom stereocenters. The second-order valence-corrected chi connectivity index (χ2v) is 9.05. The summed E-state index contributed by atoms with van der Waals surface area (Å²) < 4.78 is 28.2. The van der Waals surface area contributed by atoms with E-state index in [0.29, 0.717) is 37.4 Å². The van der Waals surface area contributed by atoms with E-state index < -0.39 is 14.9 Å². The third kappa shape index (κ3) is 3.70. The summed E-state index contributed by atoms with van der Waals surface area (Å²) >= 11 is 0. The third-order valence-electron chi connectivity index (χ3n) is 5.40. The Morgan fingerprint density at radius 1 is 1.27 bits per heavy atom. The van der Waals surface area contributed by atoms with Gasteiger partial charge in [-0.2, -0.15) is 9.40 Å². The highest BCUT2D eigenvalue weighted by Gasteiger charge is 2.30. The van der Waals surface area contributed by atoms with Gasteiger partial charge in [0.25, 0.3) is 0 Å². The van der Waals surface area contributed by atoms with Crippen molar-refractivity contribution < 1.29 is 18.1 Å². The number of hydrogen-bond acceptors (Lipinski definition) is 6. The Balaban J connectivity index is 1.85. The first-order valence-corrected chi connectivity index (χ1v) is 11.2. The molecule has 1 amide bonds. The standard InChI is InChI=1S/C19H25N5O5S/c1-5-21(6-2)30(28,29)16-7-8-17-15(11-16)9-10-22(17)18(25)12-23-14(4)19(24(26)27)13(3)20-23/h7-8,11H,5-6,9-10,12H2,1-4H3. The van der Waals surface area contributed by atoms with Crippen molar-refractivity contribution in [2.24, 2.45) is 0 Å². The summed E-state index contributed by atoms with van der Waals surface area (Å²) in [5, 5.41) is 15.3. The summed E-state index contributed by atoms with van der Waals surface area (Å²) in [5.74, 6) is -0.256. The molecule has 0 atom stereocenters. The van der Waals surface area contributed by atoms with Gasteiger partial charge in [-0.15, -0.1) is 0 Å². The molecule has 1 aromatic carbocycles. The van der Waals surface area contributed by atoms with Crippen molar-refractivity contribution in [1.82, 2.24) is 14.1 Å². The highest BCUT2D eigenvalue weighted by atomic mass is 32.2. The Kier molecular flexibility index (Phi) is 5.95. The SMILES string of the molecule is CCN(CC)S(=O)(=O)c1ccc2c(c1)CCN2C(=O)Cn1nc(C)c([N+](=O)[O-])c1C.